The number of fused-ring (bicyclic) bond motifs is 4. The topological polar surface area (TPSA) is 47.6 Å². The zero-order valence-electron chi connectivity index (χ0n) is 19.5. The molecule has 1 heterocycles. The molecule has 0 aromatic heterocycles. The van der Waals surface area contributed by atoms with E-state index < -0.39 is 0 Å². The maximum Gasteiger partial charge on any atom is 0.176 e. The Morgan fingerprint density at radius 1 is 1.18 bits per heavy atom. The fraction of sp³-hybridized carbons (Fsp3) is 0.276. The molecule has 1 atom stereocenters. The monoisotopic (exact) mass is 515 g/mol. The number of methoxy groups -OCH3 is 1. The second kappa shape index (κ2) is 8.52. The number of halogens is 1. The molecule has 0 fully saturated rings. The molecule has 4 nitrogen and oxygen atoms in total. The molecule has 2 aliphatic rings. The van der Waals surface area contributed by atoms with Gasteiger partial charge in [0.1, 0.15) is 6.61 Å². The molecule has 0 amide bonds. The lowest BCUT2D eigenvalue weighted by atomic mass is 9.68. The van der Waals surface area contributed by atoms with Crippen LogP contribution in [0.1, 0.15) is 43.9 Å². The quantitative estimate of drug-likeness (QED) is 0.382. The first kappa shape index (κ1) is 22.6. The van der Waals surface area contributed by atoms with Crippen molar-refractivity contribution in [1.29, 1.82) is 0 Å². The van der Waals surface area contributed by atoms with Crippen molar-refractivity contribution < 1.29 is 14.3 Å². The van der Waals surface area contributed by atoms with Crippen LogP contribution in [-0.2, 0) is 4.79 Å². The first-order valence-corrected chi connectivity index (χ1v) is 12.1. The number of hydrogen-bond donors (Lipinski definition) is 1. The Balaban J connectivity index is 1.73. The van der Waals surface area contributed by atoms with Gasteiger partial charge < -0.3 is 14.8 Å². The number of benzene rings is 3. The molecule has 5 rings (SSSR count). The van der Waals surface area contributed by atoms with Gasteiger partial charge in [0.15, 0.2) is 17.3 Å². The van der Waals surface area contributed by atoms with Gasteiger partial charge >= 0.3 is 0 Å². The van der Waals surface area contributed by atoms with E-state index in [0.717, 1.165) is 38.9 Å². The summed E-state index contributed by atoms with van der Waals surface area (Å²) in [4.78, 5) is 13.6. The minimum atomic E-state index is -0.292. The number of ketones is 1. The van der Waals surface area contributed by atoms with E-state index in [9.17, 15) is 4.79 Å². The zero-order valence-corrected chi connectivity index (χ0v) is 21.1. The minimum absolute atomic E-state index is 0.1000. The summed E-state index contributed by atoms with van der Waals surface area (Å²) in [5, 5.41) is 6.01. The average Bonchev–Trinajstić information content (AvgIpc) is 2.81. The molecule has 1 aliphatic carbocycles. The fourth-order valence-corrected chi connectivity index (χ4v) is 5.82. The van der Waals surface area contributed by atoms with Gasteiger partial charge in [-0.1, -0.05) is 50.1 Å². The van der Waals surface area contributed by atoms with Crippen molar-refractivity contribution in [2.24, 2.45) is 5.41 Å². The molecule has 0 saturated carbocycles. The Bertz CT molecular complexity index is 1400. The van der Waals surface area contributed by atoms with Crippen LogP contribution in [0.15, 0.2) is 58.6 Å². The highest BCUT2D eigenvalue weighted by atomic mass is 79.9. The van der Waals surface area contributed by atoms with Gasteiger partial charge in [0.05, 0.1) is 17.6 Å². The van der Waals surface area contributed by atoms with Gasteiger partial charge in [-0.2, -0.15) is 0 Å². The number of hydrogen-bond acceptors (Lipinski definition) is 4. The molecule has 172 valence electrons. The second-order valence-electron chi connectivity index (χ2n) is 9.65. The zero-order chi connectivity index (χ0) is 24.0. The molecule has 1 aliphatic heterocycles. The molecular formula is C29H26BrNO3. The number of rotatable bonds is 4. The van der Waals surface area contributed by atoms with Crippen LogP contribution >= 0.6 is 15.9 Å². The predicted octanol–water partition coefficient (Wildman–Crippen LogP) is 6.93. The lowest BCUT2D eigenvalue weighted by Gasteiger charge is -2.40. The number of nitrogens with one attached hydrogen (secondary N) is 1. The third-order valence-electron chi connectivity index (χ3n) is 6.62. The molecule has 3 aromatic carbocycles. The molecule has 0 unspecified atom stereocenters. The number of carbonyl (C=O) groups excluding carboxylic acids is 1. The largest absolute Gasteiger partial charge is 0.493 e. The van der Waals surface area contributed by atoms with Crippen LogP contribution in [0.5, 0.6) is 11.5 Å². The third-order valence-corrected chi connectivity index (χ3v) is 7.21. The molecule has 0 radical (unpaired) electrons. The summed E-state index contributed by atoms with van der Waals surface area (Å²) < 4.78 is 12.1. The summed E-state index contributed by atoms with van der Waals surface area (Å²) in [5.41, 5.74) is 4.99. The highest BCUT2D eigenvalue weighted by Gasteiger charge is 2.41. The van der Waals surface area contributed by atoms with Crippen molar-refractivity contribution in [3.05, 3.63) is 69.7 Å². The van der Waals surface area contributed by atoms with Gasteiger partial charge in [0.25, 0.3) is 0 Å². The van der Waals surface area contributed by atoms with Crippen molar-refractivity contribution in [2.75, 3.05) is 19.0 Å². The molecule has 5 heteroatoms. The van der Waals surface area contributed by atoms with Crippen LogP contribution in [0.3, 0.4) is 0 Å². The highest BCUT2D eigenvalue weighted by Crippen LogP contribution is 2.53. The molecule has 0 spiro atoms. The molecular weight excluding hydrogens is 490 g/mol. The van der Waals surface area contributed by atoms with E-state index in [0.29, 0.717) is 17.9 Å². The van der Waals surface area contributed by atoms with Crippen molar-refractivity contribution in [3.8, 4) is 23.8 Å². The van der Waals surface area contributed by atoms with Gasteiger partial charge in [-0.3, -0.25) is 4.79 Å². The summed E-state index contributed by atoms with van der Waals surface area (Å²) in [6.07, 6.45) is 6.74. The lowest BCUT2D eigenvalue weighted by molar-refractivity contribution is -0.118. The molecule has 0 saturated heterocycles. The molecule has 1 N–H and O–H groups in total. The number of carbonyl (C=O) groups is 1. The summed E-state index contributed by atoms with van der Waals surface area (Å²) in [6.45, 7) is 4.49. The van der Waals surface area contributed by atoms with Gasteiger partial charge in [0.2, 0.25) is 0 Å². The van der Waals surface area contributed by atoms with E-state index in [1.807, 2.05) is 18.2 Å². The second-order valence-corrected chi connectivity index (χ2v) is 10.5. The van der Waals surface area contributed by atoms with E-state index in [4.69, 9.17) is 15.9 Å². The summed E-state index contributed by atoms with van der Waals surface area (Å²) in [7, 11) is 1.60. The highest BCUT2D eigenvalue weighted by molar-refractivity contribution is 9.10. The van der Waals surface area contributed by atoms with E-state index in [-0.39, 0.29) is 23.8 Å². The number of anilines is 1. The Morgan fingerprint density at radius 2 is 1.97 bits per heavy atom. The maximum absolute atomic E-state index is 13.6. The van der Waals surface area contributed by atoms with Crippen LogP contribution in [0.4, 0.5) is 5.69 Å². The first-order chi connectivity index (χ1) is 16.3. The Labute approximate surface area is 208 Å². The summed E-state index contributed by atoms with van der Waals surface area (Å²) in [6, 6.07) is 16.2. The Kier molecular flexibility index (Phi) is 5.65. The van der Waals surface area contributed by atoms with Gasteiger partial charge in [-0.25, -0.2) is 0 Å². The smallest absolute Gasteiger partial charge is 0.176 e. The van der Waals surface area contributed by atoms with Crippen molar-refractivity contribution in [2.45, 2.75) is 32.7 Å². The van der Waals surface area contributed by atoms with Crippen LogP contribution < -0.4 is 14.8 Å². The third kappa shape index (κ3) is 3.76. The number of ether oxygens (including phenoxy) is 2. The van der Waals surface area contributed by atoms with Crippen LogP contribution in [-0.4, -0.2) is 19.5 Å². The van der Waals surface area contributed by atoms with Crippen molar-refractivity contribution in [3.63, 3.8) is 0 Å². The lowest BCUT2D eigenvalue weighted by Crippen LogP contribution is -2.33. The van der Waals surface area contributed by atoms with Crippen molar-refractivity contribution >= 4 is 43.7 Å². The summed E-state index contributed by atoms with van der Waals surface area (Å²) in [5.74, 6) is 3.79. The summed E-state index contributed by atoms with van der Waals surface area (Å²) >= 11 is 3.62. The van der Waals surface area contributed by atoms with Gasteiger partial charge in [-0.05, 0) is 67.9 Å². The number of terminal acetylenes is 1. The maximum atomic E-state index is 13.6. The van der Waals surface area contributed by atoms with E-state index in [1.54, 1.807) is 7.11 Å². The molecule has 34 heavy (non-hydrogen) atoms. The van der Waals surface area contributed by atoms with Gasteiger partial charge in [-0.15, -0.1) is 6.42 Å². The average molecular weight is 516 g/mol. The van der Waals surface area contributed by atoms with Crippen molar-refractivity contribution in [1.82, 2.24) is 0 Å². The van der Waals surface area contributed by atoms with E-state index in [2.05, 4.69) is 71.3 Å². The van der Waals surface area contributed by atoms with Gasteiger partial charge in [0, 0.05) is 23.2 Å². The minimum Gasteiger partial charge on any atom is -0.493 e. The molecule has 0 bridgehead atoms. The first-order valence-electron chi connectivity index (χ1n) is 11.3. The predicted molar refractivity (Wildman–Crippen MR) is 140 cm³/mol. The Hall–Kier alpha value is -3.23. The van der Waals surface area contributed by atoms with Crippen LogP contribution in [0, 0.1) is 17.8 Å². The van der Waals surface area contributed by atoms with E-state index in [1.165, 1.54) is 10.8 Å². The fourth-order valence-electron chi connectivity index (χ4n) is 5.25. The van der Waals surface area contributed by atoms with E-state index >= 15 is 0 Å². The van der Waals surface area contributed by atoms with Crippen LogP contribution in [0.2, 0.25) is 0 Å². The van der Waals surface area contributed by atoms with Crippen LogP contribution in [0.25, 0.3) is 16.3 Å². The molecule has 3 aromatic rings. The normalized spacial score (nSPS) is 18.6. The standard InChI is InChI=1S/C29H26BrNO3/c1-5-12-34-28-21(30)13-18(14-24(28)33-4)27-26-20(15-29(2,3)16-23(26)32)25-19-9-7-6-8-17(19)10-11-22(25)31-27/h1,6-11,13-14,27,31H,12,15-16H2,2-4H3/t27-/m1/s1. The number of allylic oxidation sites excluding steroid dienone is 1. The number of Topliss-reactive ketones (excluding diaryl/α,β-unsaturated/α-hetero) is 1. The Morgan fingerprint density at radius 3 is 2.74 bits per heavy atom. The SMILES string of the molecule is C#CCOc1c(Br)cc([C@H]2Nc3ccc4ccccc4c3C3=C2C(=O)CC(C)(C)C3)cc1OC.